The number of ether oxygens (including phenoxy) is 1. The first-order chi connectivity index (χ1) is 9.65. The van der Waals surface area contributed by atoms with E-state index in [0.29, 0.717) is 25.3 Å². The predicted octanol–water partition coefficient (Wildman–Crippen LogP) is 1.69. The standard InChI is InChI=1S/C16H19NO3/c1-11(18)13-6-7-17(9-13)16(19)14-8-12-4-2-3-5-15(12)20-10-14/h2-5,8,11,13,18H,6-7,9-10H2,1H3. The minimum Gasteiger partial charge on any atom is -0.488 e. The number of carbonyl (C=O) groups excluding carboxylic acids is 1. The van der Waals surface area contributed by atoms with Crippen LogP contribution in [0, 0.1) is 5.92 Å². The molecule has 2 aliphatic rings. The van der Waals surface area contributed by atoms with Gasteiger partial charge < -0.3 is 14.7 Å². The number of rotatable bonds is 2. The summed E-state index contributed by atoms with van der Waals surface area (Å²) in [4.78, 5) is 14.3. The molecule has 1 aromatic carbocycles. The van der Waals surface area contributed by atoms with Crippen LogP contribution in [0.2, 0.25) is 0 Å². The molecule has 2 atom stereocenters. The highest BCUT2D eigenvalue weighted by atomic mass is 16.5. The molecule has 1 aromatic rings. The molecule has 106 valence electrons. The molecule has 20 heavy (non-hydrogen) atoms. The molecule has 3 rings (SSSR count). The Labute approximate surface area is 118 Å². The van der Waals surface area contributed by atoms with Crippen LogP contribution < -0.4 is 4.74 Å². The summed E-state index contributed by atoms with van der Waals surface area (Å²) >= 11 is 0. The fourth-order valence-corrected chi connectivity index (χ4v) is 2.81. The van der Waals surface area contributed by atoms with Gasteiger partial charge in [-0.3, -0.25) is 4.79 Å². The maximum absolute atomic E-state index is 12.5. The van der Waals surface area contributed by atoms with Gasteiger partial charge >= 0.3 is 0 Å². The van der Waals surface area contributed by atoms with Crippen molar-refractivity contribution in [2.75, 3.05) is 19.7 Å². The zero-order chi connectivity index (χ0) is 14.1. The van der Waals surface area contributed by atoms with Crippen molar-refractivity contribution in [2.45, 2.75) is 19.4 Å². The first-order valence-corrected chi connectivity index (χ1v) is 7.05. The van der Waals surface area contributed by atoms with Crippen molar-refractivity contribution in [3.63, 3.8) is 0 Å². The van der Waals surface area contributed by atoms with Crippen molar-refractivity contribution in [2.24, 2.45) is 5.92 Å². The van der Waals surface area contributed by atoms with Gasteiger partial charge in [0.2, 0.25) is 0 Å². The number of hydrogen-bond donors (Lipinski definition) is 1. The van der Waals surface area contributed by atoms with E-state index in [1.54, 1.807) is 6.92 Å². The van der Waals surface area contributed by atoms with Gasteiger partial charge in [0.1, 0.15) is 12.4 Å². The van der Waals surface area contributed by atoms with Crippen LogP contribution in [0.3, 0.4) is 0 Å². The van der Waals surface area contributed by atoms with E-state index >= 15 is 0 Å². The van der Waals surface area contributed by atoms with Gasteiger partial charge in [-0.25, -0.2) is 0 Å². The average Bonchev–Trinajstić information content (AvgIpc) is 2.96. The van der Waals surface area contributed by atoms with E-state index in [1.165, 1.54) is 0 Å². The Hall–Kier alpha value is -1.81. The van der Waals surface area contributed by atoms with Crippen LogP contribution in [-0.4, -0.2) is 41.7 Å². The third kappa shape index (κ3) is 2.43. The summed E-state index contributed by atoms with van der Waals surface area (Å²) in [5, 5.41) is 9.61. The molecule has 0 saturated carbocycles. The lowest BCUT2D eigenvalue weighted by Crippen LogP contribution is -2.33. The molecule has 0 aliphatic carbocycles. The SMILES string of the molecule is CC(O)C1CCN(C(=O)C2=Cc3ccccc3OC2)C1. The first-order valence-electron chi connectivity index (χ1n) is 7.05. The van der Waals surface area contributed by atoms with Gasteiger partial charge in [-0.2, -0.15) is 0 Å². The van der Waals surface area contributed by atoms with Crippen LogP contribution >= 0.6 is 0 Å². The maximum atomic E-state index is 12.5. The van der Waals surface area contributed by atoms with Crippen LogP contribution in [0.1, 0.15) is 18.9 Å². The fraction of sp³-hybridized carbons (Fsp3) is 0.438. The Balaban J connectivity index is 1.75. The Bertz CT molecular complexity index is 550. The number of aliphatic hydroxyl groups is 1. The molecule has 1 N–H and O–H groups in total. The average molecular weight is 273 g/mol. The highest BCUT2D eigenvalue weighted by Crippen LogP contribution is 2.28. The van der Waals surface area contributed by atoms with Gasteiger partial charge in [0.05, 0.1) is 11.7 Å². The smallest absolute Gasteiger partial charge is 0.253 e. The zero-order valence-electron chi connectivity index (χ0n) is 11.6. The molecule has 2 aliphatic heterocycles. The normalized spacial score (nSPS) is 22.8. The molecule has 0 bridgehead atoms. The Morgan fingerprint density at radius 2 is 2.25 bits per heavy atom. The molecule has 4 nitrogen and oxygen atoms in total. The highest BCUT2D eigenvalue weighted by molar-refractivity contribution is 5.99. The van der Waals surface area contributed by atoms with Crippen molar-refractivity contribution in [3.05, 3.63) is 35.4 Å². The largest absolute Gasteiger partial charge is 0.488 e. The molecule has 4 heteroatoms. The number of carbonyl (C=O) groups is 1. The van der Waals surface area contributed by atoms with Gasteiger partial charge in [-0.05, 0) is 25.5 Å². The minimum atomic E-state index is -0.356. The molecule has 1 amide bonds. The second-order valence-corrected chi connectivity index (χ2v) is 5.54. The summed E-state index contributed by atoms with van der Waals surface area (Å²) < 4.78 is 5.63. The predicted molar refractivity (Wildman–Crippen MR) is 76.3 cm³/mol. The minimum absolute atomic E-state index is 0.0302. The third-order valence-corrected chi connectivity index (χ3v) is 4.10. The fourth-order valence-electron chi connectivity index (χ4n) is 2.81. The van der Waals surface area contributed by atoms with Gasteiger partial charge in [-0.1, -0.05) is 18.2 Å². The van der Waals surface area contributed by atoms with E-state index in [0.717, 1.165) is 17.7 Å². The van der Waals surface area contributed by atoms with Crippen molar-refractivity contribution in [1.29, 1.82) is 0 Å². The number of fused-ring (bicyclic) bond motifs is 1. The number of benzene rings is 1. The Morgan fingerprint density at radius 3 is 3.00 bits per heavy atom. The summed E-state index contributed by atoms with van der Waals surface area (Å²) in [5.41, 5.74) is 1.64. The van der Waals surface area contributed by atoms with Gasteiger partial charge in [0, 0.05) is 24.6 Å². The highest BCUT2D eigenvalue weighted by Gasteiger charge is 2.31. The lowest BCUT2D eigenvalue weighted by atomic mass is 10.0. The summed E-state index contributed by atoms with van der Waals surface area (Å²) in [6.07, 6.45) is 2.43. The molecule has 2 heterocycles. The lowest BCUT2D eigenvalue weighted by molar-refractivity contribution is -0.126. The van der Waals surface area contributed by atoms with Crippen LogP contribution in [0.4, 0.5) is 0 Å². The van der Waals surface area contributed by atoms with E-state index in [-0.39, 0.29) is 17.9 Å². The number of nitrogens with zero attached hydrogens (tertiary/aromatic N) is 1. The molecule has 1 fully saturated rings. The first kappa shape index (κ1) is 13.2. The Morgan fingerprint density at radius 1 is 1.45 bits per heavy atom. The summed E-state index contributed by atoms with van der Waals surface area (Å²) in [5.74, 6) is 1.05. The number of hydrogen-bond acceptors (Lipinski definition) is 3. The molecule has 0 radical (unpaired) electrons. The zero-order valence-corrected chi connectivity index (χ0v) is 11.6. The Kier molecular flexibility index (Phi) is 3.49. The number of aliphatic hydroxyl groups excluding tert-OH is 1. The lowest BCUT2D eigenvalue weighted by Gasteiger charge is -2.22. The van der Waals surface area contributed by atoms with E-state index in [1.807, 2.05) is 35.2 Å². The van der Waals surface area contributed by atoms with Crippen LogP contribution in [0.15, 0.2) is 29.8 Å². The molecular formula is C16H19NO3. The van der Waals surface area contributed by atoms with Crippen LogP contribution in [0.5, 0.6) is 5.75 Å². The number of likely N-dealkylation sites (tertiary alicyclic amines) is 1. The van der Waals surface area contributed by atoms with Crippen LogP contribution in [0.25, 0.3) is 6.08 Å². The van der Waals surface area contributed by atoms with Crippen molar-refractivity contribution in [1.82, 2.24) is 4.90 Å². The van der Waals surface area contributed by atoms with E-state index < -0.39 is 0 Å². The van der Waals surface area contributed by atoms with E-state index in [9.17, 15) is 9.90 Å². The monoisotopic (exact) mass is 273 g/mol. The quantitative estimate of drug-likeness (QED) is 0.892. The summed E-state index contributed by atoms with van der Waals surface area (Å²) in [7, 11) is 0. The maximum Gasteiger partial charge on any atom is 0.253 e. The molecule has 2 unspecified atom stereocenters. The molecular weight excluding hydrogens is 254 g/mol. The van der Waals surface area contributed by atoms with Crippen molar-refractivity contribution in [3.8, 4) is 5.75 Å². The molecule has 1 saturated heterocycles. The molecule has 0 spiro atoms. The van der Waals surface area contributed by atoms with Crippen molar-refractivity contribution >= 4 is 12.0 Å². The van der Waals surface area contributed by atoms with Gasteiger partial charge in [0.15, 0.2) is 0 Å². The topological polar surface area (TPSA) is 49.8 Å². The van der Waals surface area contributed by atoms with Crippen LogP contribution in [-0.2, 0) is 4.79 Å². The number of amides is 1. The summed E-state index contributed by atoms with van der Waals surface area (Å²) in [6.45, 7) is 3.46. The van der Waals surface area contributed by atoms with Gasteiger partial charge in [0.25, 0.3) is 5.91 Å². The summed E-state index contributed by atoms with van der Waals surface area (Å²) in [6, 6.07) is 7.72. The van der Waals surface area contributed by atoms with Gasteiger partial charge in [-0.15, -0.1) is 0 Å². The number of para-hydroxylation sites is 1. The van der Waals surface area contributed by atoms with Crippen molar-refractivity contribution < 1.29 is 14.6 Å². The third-order valence-electron chi connectivity index (χ3n) is 4.10. The molecule has 0 aromatic heterocycles. The van der Waals surface area contributed by atoms with E-state index in [2.05, 4.69) is 0 Å². The second kappa shape index (κ2) is 5.29. The second-order valence-electron chi connectivity index (χ2n) is 5.54. The van der Waals surface area contributed by atoms with E-state index in [4.69, 9.17) is 4.74 Å².